The van der Waals surface area contributed by atoms with E-state index in [2.05, 4.69) is 15.3 Å². The van der Waals surface area contributed by atoms with Gasteiger partial charge in [-0.1, -0.05) is 6.07 Å². The van der Waals surface area contributed by atoms with E-state index in [1.807, 2.05) is 6.92 Å². The van der Waals surface area contributed by atoms with Crippen molar-refractivity contribution in [3.8, 4) is 0 Å². The number of hydrogen-bond acceptors (Lipinski definition) is 4. The van der Waals surface area contributed by atoms with Gasteiger partial charge in [0, 0.05) is 24.2 Å². The number of nitrogens with zero attached hydrogens (tertiary/aromatic N) is 3. The van der Waals surface area contributed by atoms with E-state index in [1.54, 1.807) is 0 Å². The summed E-state index contributed by atoms with van der Waals surface area (Å²) in [6.45, 7) is 2.05. The lowest BCUT2D eigenvalue weighted by molar-refractivity contribution is -0.117. The maximum absolute atomic E-state index is 14.0. The minimum absolute atomic E-state index is 0.172. The molecule has 2 aromatic rings. The first-order valence-corrected chi connectivity index (χ1v) is 8.90. The number of para-hydroxylation sites is 1. The van der Waals surface area contributed by atoms with Crippen molar-refractivity contribution in [3.63, 3.8) is 0 Å². The minimum atomic E-state index is -0.728. The van der Waals surface area contributed by atoms with Crippen LogP contribution in [0.5, 0.6) is 0 Å². The molecule has 0 saturated carbocycles. The van der Waals surface area contributed by atoms with E-state index in [9.17, 15) is 13.6 Å². The molecule has 1 fully saturated rings. The summed E-state index contributed by atoms with van der Waals surface area (Å²) in [4.78, 5) is 22.6. The number of carbonyl (C=O) groups excluding carboxylic acids is 1. The lowest BCUT2D eigenvalue weighted by atomic mass is 9.96. The van der Waals surface area contributed by atoms with Crippen molar-refractivity contribution < 1.29 is 13.6 Å². The Morgan fingerprint density at radius 1 is 1.15 bits per heavy atom. The van der Waals surface area contributed by atoms with Gasteiger partial charge < -0.3 is 10.2 Å². The molecule has 4 rings (SSSR count). The Hall–Kier alpha value is -2.57. The average molecular weight is 358 g/mol. The lowest BCUT2D eigenvalue weighted by Gasteiger charge is -2.22. The van der Waals surface area contributed by atoms with Crippen LogP contribution in [0.15, 0.2) is 18.2 Å². The molecular weight excluding hydrogens is 338 g/mol. The number of rotatable bonds is 3. The third-order valence-electron chi connectivity index (χ3n) is 4.97. The Labute approximate surface area is 150 Å². The highest BCUT2D eigenvalue weighted by Gasteiger charge is 2.34. The normalized spacial score (nSPS) is 19.6. The van der Waals surface area contributed by atoms with Gasteiger partial charge in [0.2, 0.25) is 5.91 Å². The highest BCUT2D eigenvalue weighted by atomic mass is 19.1. The number of aryl methyl sites for hydroxylation is 2. The number of halogens is 2. The predicted octanol–water partition coefficient (Wildman–Crippen LogP) is 3.16. The van der Waals surface area contributed by atoms with Gasteiger partial charge in [-0.05, 0) is 44.7 Å². The minimum Gasteiger partial charge on any atom is -0.365 e. The number of fused-ring (bicyclic) bond motifs is 1. The second-order valence-corrected chi connectivity index (χ2v) is 6.87. The van der Waals surface area contributed by atoms with Crippen molar-refractivity contribution in [2.45, 2.75) is 45.1 Å². The topological polar surface area (TPSA) is 58.1 Å². The first-order valence-electron chi connectivity index (χ1n) is 8.90. The summed E-state index contributed by atoms with van der Waals surface area (Å²) >= 11 is 0. The first kappa shape index (κ1) is 16.9. The summed E-state index contributed by atoms with van der Waals surface area (Å²) in [7, 11) is 0. The van der Waals surface area contributed by atoms with Crippen LogP contribution in [0, 0.1) is 18.6 Å². The van der Waals surface area contributed by atoms with E-state index in [0.29, 0.717) is 5.82 Å². The van der Waals surface area contributed by atoms with Gasteiger partial charge in [-0.25, -0.2) is 18.7 Å². The van der Waals surface area contributed by atoms with Crippen LogP contribution < -0.4 is 10.2 Å². The smallest absolute Gasteiger partial charge is 0.229 e. The molecule has 2 heterocycles. The molecule has 0 bridgehead atoms. The van der Waals surface area contributed by atoms with Crippen LogP contribution in [-0.4, -0.2) is 28.5 Å². The molecule has 0 spiro atoms. The summed E-state index contributed by atoms with van der Waals surface area (Å²) in [6, 6.07) is 3.37. The molecule has 1 aliphatic carbocycles. The fourth-order valence-electron chi connectivity index (χ4n) is 3.80. The Bertz CT molecular complexity index is 851. The number of hydrogen-bond donors (Lipinski definition) is 1. The molecule has 1 aliphatic heterocycles. The van der Waals surface area contributed by atoms with Crippen LogP contribution in [0.3, 0.4) is 0 Å². The van der Waals surface area contributed by atoms with Crippen LogP contribution >= 0.6 is 0 Å². The summed E-state index contributed by atoms with van der Waals surface area (Å²) in [5.41, 5.74) is 1.89. The van der Waals surface area contributed by atoms with Crippen LogP contribution in [0.1, 0.15) is 36.3 Å². The molecule has 2 aliphatic rings. The van der Waals surface area contributed by atoms with Crippen molar-refractivity contribution in [1.29, 1.82) is 0 Å². The van der Waals surface area contributed by atoms with Crippen molar-refractivity contribution in [2.75, 3.05) is 16.8 Å². The summed E-state index contributed by atoms with van der Waals surface area (Å²) in [6.07, 6.45) is 4.22. The molecule has 1 unspecified atom stereocenters. The Morgan fingerprint density at radius 2 is 1.88 bits per heavy atom. The van der Waals surface area contributed by atoms with Gasteiger partial charge in [0.15, 0.2) is 0 Å². The van der Waals surface area contributed by atoms with Gasteiger partial charge in [0.05, 0.1) is 6.04 Å². The Morgan fingerprint density at radius 3 is 2.65 bits per heavy atom. The van der Waals surface area contributed by atoms with E-state index in [1.165, 1.54) is 11.0 Å². The number of nitrogens with one attached hydrogen (secondary N) is 1. The quantitative estimate of drug-likeness (QED) is 0.916. The third kappa shape index (κ3) is 3.02. The number of benzene rings is 1. The molecular formula is C19H20F2N4O. The van der Waals surface area contributed by atoms with Gasteiger partial charge in [-0.3, -0.25) is 4.79 Å². The van der Waals surface area contributed by atoms with Crippen molar-refractivity contribution in [2.24, 2.45) is 0 Å². The maximum atomic E-state index is 14.0. The average Bonchev–Trinajstić information content (AvgIpc) is 2.95. The van der Waals surface area contributed by atoms with Crippen LogP contribution in [0.4, 0.5) is 20.3 Å². The molecule has 1 N–H and O–H groups in total. The summed E-state index contributed by atoms with van der Waals surface area (Å²) in [5.74, 6) is -0.315. The highest BCUT2D eigenvalue weighted by molar-refractivity contribution is 5.96. The second-order valence-electron chi connectivity index (χ2n) is 6.87. The van der Waals surface area contributed by atoms with Crippen molar-refractivity contribution >= 4 is 17.4 Å². The number of amides is 1. The van der Waals surface area contributed by atoms with Gasteiger partial charge in [0.1, 0.15) is 29.0 Å². The van der Waals surface area contributed by atoms with E-state index in [-0.39, 0.29) is 30.6 Å². The molecule has 1 amide bonds. The molecule has 26 heavy (non-hydrogen) atoms. The van der Waals surface area contributed by atoms with Crippen LogP contribution in [0.25, 0.3) is 0 Å². The molecule has 1 saturated heterocycles. The standard InChI is InChI=1S/C19H20F2N4O/c1-11-22-16-8-3-2-5-13(16)19(23-11)24-12-9-17(26)25(10-12)18-14(20)6-4-7-15(18)21/h4,6-7,12H,2-3,5,8-10H2,1H3,(H,22,23,24). The van der Waals surface area contributed by atoms with E-state index < -0.39 is 11.6 Å². The number of aromatic nitrogens is 2. The monoisotopic (exact) mass is 358 g/mol. The zero-order valence-electron chi connectivity index (χ0n) is 14.6. The molecule has 1 aromatic heterocycles. The molecule has 1 aromatic carbocycles. The number of anilines is 2. The summed E-state index contributed by atoms with van der Waals surface area (Å²) < 4.78 is 28.1. The molecule has 1 atom stereocenters. The summed E-state index contributed by atoms with van der Waals surface area (Å²) in [5, 5.41) is 3.32. The molecule has 5 nitrogen and oxygen atoms in total. The Kier molecular flexibility index (Phi) is 4.30. The molecule has 0 radical (unpaired) electrons. The SMILES string of the molecule is Cc1nc2c(c(NC3CC(=O)N(c4c(F)cccc4F)C3)n1)CCCC2. The lowest BCUT2D eigenvalue weighted by Crippen LogP contribution is -2.30. The predicted molar refractivity (Wildman–Crippen MR) is 94.1 cm³/mol. The van der Waals surface area contributed by atoms with Crippen LogP contribution in [0.2, 0.25) is 0 Å². The largest absolute Gasteiger partial charge is 0.365 e. The van der Waals surface area contributed by atoms with Gasteiger partial charge >= 0.3 is 0 Å². The first-order chi connectivity index (χ1) is 12.5. The van der Waals surface area contributed by atoms with Gasteiger partial charge in [0.25, 0.3) is 0 Å². The van der Waals surface area contributed by atoms with Gasteiger partial charge in [-0.15, -0.1) is 0 Å². The number of carbonyl (C=O) groups is 1. The molecule has 136 valence electrons. The Balaban J connectivity index is 1.58. The van der Waals surface area contributed by atoms with Crippen molar-refractivity contribution in [1.82, 2.24) is 9.97 Å². The molecule has 7 heteroatoms. The van der Waals surface area contributed by atoms with Crippen molar-refractivity contribution in [3.05, 3.63) is 46.9 Å². The highest BCUT2D eigenvalue weighted by Crippen LogP contribution is 2.30. The third-order valence-corrected chi connectivity index (χ3v) is 4.97. The van der Waals surface area contributed by atoms with Gasteiger partial charge in [-0.2, -0.15) is 0 Å². The van der Waals surface area contributed by atoms with Crippen LogP contribution in [-0.2, 0) is 17.6 Å². The van der Waals surface area contributed by atoms with E-state index >= 15 is 0 Å². The van der Waals surface area contributed by atoms with E-state index in [4.69, 9.17) is 0 Å². The zero-order valence-corrected chi connectivity index (χ0v) is 14.6. The fourth-order valence-corrected chi connectivity index (χ4v) is 3.80. The zero-order chi connectivity index (χ0) is 18.3. The fraction of sp³-hybridized carbons (Fsp3) is 0.421. The second kappa shape index (κ2) is 6.63. The van der Waals surface area contributed by atoms with E-state index in [0.717, 1.165) is 54.9 Å². The maximum Gasteiger partial charge on any atom is 0.229 e.